The van der Waals surface area contributed by atoms with Gasteiger partial charge in [0.2, 0.25) is 5.91 Å². The number of benzene rings is 2. The number of imide groups is 1. The van der Waals surface area contributed by atoms with Crippen molar-refractivity contribution >= 4 is 28.5 Å². The summed E-state index contributed by atoms with van der Waals surface area (Å²) < 4.78 is 0. The average Bonchev–Trinajstić information content (AvgIpc) is 2.61. The lowest BCUT2D eigenvalue weighted by atomic mass is 9.94. The van der Waals surface area contributed by atoms with Crippen LogP contribution in [0.3, 0.4) is 0 Å². The van der Waals surface area contributed by atoms with Gasteiger partial charge in [-0.1, -0.05) is 30.7 Å². The maximum absolute atomic E-state index is 12.7. The number of unbranched alkanes of at least 4 members (excludes halogenated alkanes) is 2. The summed E-state index contributed by atoms with van der Waals surface area (Å²) in [5, 5.41) is 1.64. The Labute approximate surface area is 139 Å². The third-order valence-electron chi connectivity index (χ3n) is 4.30. The maximum Gasteiger partial charge on any atom is 0.261 e. The van der Waals surface area contributed by atoms with Crippen LogP contribution in [0.4, 0.5) is 0 Å². The summed E-state index contributed by atoms with van der Waals surface area (Å²) in [4.78, 5) is 37.7. The van der Waals surface area contributed by atoms with Crippen molar-refractivity contribution in [2.45, 2.75) is 25.7 Å². The van der Waals surface area contributed by atoms with Gasteiger partial charge in [0.25, 0.3) is 11.8 Å². The second-order valence-corrected chi connectivity index (χ2v) is 5.85. The van der Waals surface area contributed by atoms with Crippen LogP contribution in [0.1, 0.15) is 46.4 Å². The number of carbonyl (C=O) groups is 3. The summed E-state index contributed by atoms with van der Waals surface area (Å²) in [6, 6.07) is 11.0. The fraction of sp³-hybridized carbons (Fsp3) is 0.278. The van der Waals surface area contributed by atoms with E-state index >= 15 is 0 Å². The zero-order chi connectivity index (χ0) is 17.1. The first-order valence-electron chi connectivity index (χ1n) is 8.01. The third-order valence-corrected chi connectivity index (χ3v) is 4.30. The summed E-state index contributed by atoms with van der Waals surface area (Å²) in [7, 11) is 0. The van der Waals surface area contributed by atoms with Crippen LogP contribution in [-0.4, -0.2) is 29.2 Å². The fourth-order valence-electron chi connectivity index (χ4n) is 3.09. The van der Waals surface area contributed by atoms with Crippen molar-refractivity contribution in [2.24, 2.45) is 5.84 Å². The number of nitrogens with one attached hydrogen (secondary N) is 1. The lowest BCUT2D eigenvalue weighted by molar-refractivity contribution is -0.121. The summed E-state index contributed by atoms with van der Waals surface area (Å²) in [5.74, 6) is 4.32. The third kappa shape index (κ3) is 2.88. The molecular formula is C18H19N3O3. The summed E-state index contributed by atoms with van der Waals surface area (Å²) in [6.07, 6.45) is 2.43. The van der Waals surface area contributed by atoms with Crippen LogP contribution in [-0.2, 0) is 4.79 Å². The van der Waals surface area contributed by atoms with Gasteiger partial charge in [-0.05, 0) is 30.4 Å². The van der Waals surface area contributed by atoms with E-state index in [1.54, 1.807) is 12.1 Å². The molecule has 0 radical (unpaired) electrons. The number of hydrogen-bond donors (Lipinski definition) is 2. The van der Waals surface area contributed by atoms with Gasteiger partial charge < -0.3 is 0 Å². The first-order valence-corrected chi connectivity index (χ1v) is 8.01. The first kappa shape index (κ1) is 16.1. The molecule has 3 rings (SSSR count). The molecule has 6 heteroatoms. The minimum absolute atomic E-state index is 0.208. The lowest BCUT2D eigenvalue weighted by Crippen LogP contribution is -2.40. The molecule has 0 atom stereocenters. The largest absolute Gasteiger partial charge is 0.294 e. The highest BCUT2D eigenvalue weighted by atomic mass is 16.2. The summed E-state index contributed by atoms with van der Waals surface area (Å²) in [6.45, 7) is 0.354. The van der Waals surface area contributed by atoms with E-state index in [1.165, 1.54) is 4.90 Å². The van der Waals surface area contributed by atoms with Crippen molar-refractivity contribution in [3.8, 4) is 0 Å². The van der Waals surface area contributed by atoms with E-state index in [9.17, 15) is 14.4 Å². The zero-order valence-electron chi connectivity index (χ0n) is 13.2. The Morgan fingerprint density at radius 1 is 0.958 bits per heavy atom. The van der Waals surface area contributed by atoms with Gasteiger partial charge in [0.1, 0.15) is 0 Å². The zero-order valence-corrected chi connectivity index (χ0v) is 13.2. The molecule has 1 heterocycles. The molecule has 0 fully saturated rings. The average molecular weight is 325 g/mol. The van der Waals surface area contributed by atoms with Crippen molar-refractivity contribution in [1.29, 1.82) is 0 Å². The van der Waals surface area contributed by atoms with Crippen molar-refractivity contribution in [3.63, 3.8) is 0 Å². The molecular weight excluding hydrogens is 306 g/mol. The van der Waals surface area contributed by atoms with Gasteiger partial charge in [-0.15, -0.1) is 0 Å². The monoisotopic (exact) mass is 325 g/mol. The molecule has 3 N–H and O–H groups in total. The van der Waals surface area contributed by atoms with Gasteiger partial charge in [0, 0.05) is 29.5 Å². The van der Waals surface area contributed by atoms with Crippen LogP contribution >= 0.6 is 0 Å². The van der Waals surface area contributed by atoms with Gasteiger partial charge in [-0.2, -0.15) is 0 Å². The highest BCUT2D eigenvalue weighted by Crippen LogP contribution is 2.30. The second-order valence-electron chi connectivity index (χ2n) is 5.85. The highest BCUT2D eigenvalue weighted by molar-refractivity contribution is 6.25. The van der Waals surface area contributed by atoms with Crippen LogP contribution in [0.5, 0.6) is 0 Å². The number of amides is 3. The minimum atomic E-state index is -0.246. The van der Waals surface area contributed by atoms with Gasteiger partial charge in [-0.25, -0.2) is 5.84 Å². The smallest absolute Gasteiger partial charge is 0.261 e. The molecule has 3 amide bonds. The quantitative estimate of drug-likeness (QED) is 0.279. The van der Waals surface area contributed by atoms with Crippen LogP contribution in [0, 0.1) is 0 Å². The predicted octanol–water partition coefficient (Wildman–Crippen LogP) is 1.99. The van der Waals surface area contributed by atoms with Gasteiger partial charge in [-0.3, -0.25) is 24.7 Å². The van der Waals surface area contributed by atoms with E-state index in [1.807, 2.05) is 24.3 Å². The molecule has 0 aromatic heterocycles. The molecule has 0 aliphatic carbocycles. The Kier molecular flexibility index (Phi) is 4.57. The molecule has 1 aliphatic rings. The molecule has 0 unspecified atom stereocenters. The molecule has 1 aliphatic heterocycles. The molecule has 124 valence electrons. The maximum atomic E-state index is 12.7. The molecule has 0 bridgehead atoms. The van der Waals surface area contributed by atoms with Gasteiger partial charge in [0.15, 0.2) is 0 Å². The fourth-order valence-corrected chi connectivity index (χ4v) is 3.09. The molecule has 2 aromatic carbocycles. The van der Waals surface area contributed by atoms with Crippen LogP contribution in [0.15, 0.2) is 36.4 Å². The second kappa shape index (κ2) is 6.80. The Bertz CT molecular complexity index is 766. The van der Waals surface area contributed by atoms with Crippen molar-refractivity contribution in [2.75, 3.05) is 6.54 Å². The van der Waals surface area contributed by atoms with E-state index in [4.69, 9.17) is 5.84 Å². The summed E-state index contributed by atoms with van der Waals surface area (Å²) >= 11 is 0. The Hall–Kier alpha value is -2.73. The van der Waals surface area contributed by atoms with Crippen molar-refractivity contribution in [1.82, 2.24) is 10.3 Å². The van der Waals surface area contributed by atoms with E-state index < -0.39 is 0 Å². The minimum Gasteiger partial charge on any atom is -0.294 e. The van der Waals surface area contributed by atoms with E-state index in [2.05, 4.69) is 5.43 Å². The van der Waals surface area contributed by atoms with E-state index in [0.717, 1.165) is 17.2 Å². The topological polar surface area (TPSA) is 92.5 Å². The molecule has 0 saturated carbocycles. The Balaban J connectivity index is 1.72. The normalized spacial score (nSPS) is 13.5. The van der Waals surface area contributed by atoms with Crippen molar-refractivity contribution in [3.05, 3.63) is 47.5 Å². The first-order chi connectivity index (χ1) is 11.6. The molecule has 24 heavy (non-hydrogen) atoms. The number of hydrogen-bond acceptors (Lipinski definition) is 4. The Morgan fingerprint density at radius 2 is 1.58 bits per heavy atom. The number of hydrazine groups is 1. The molecule has 0 saturated heterocycles. The lowest BCUT2D eigenvalue weighted by Gasteiger charge is -2.27. The van der Waals surface area contributed by atoms with E-state index in [0.29, 0.717) is 36.9 Å². The summed E-state index contributed by atoms with van der Waals surface area (Å²) in [5.41, 5.74) is 3.23. The predicted molar refractivity (Wildman–Crippen MR) is 90.1 cm³/mol. The van der Waals surface area contributed by atoms with Crippen LogP contribution in [0.25, 0.3) is 10.8 Å². The molecule has 0 spiro atoms. The van der Waals surface area contributed by atoms with Crippen LogP contribution < -0.4 is 11.3 Å². The number of rotatable bonds is 6. The SMILES string of the molecule is NNC(=O)CCCCCN1C(=O)c2cccc3cccc(c23)C1=O. The van der Waals surface area contributed by atoms with Gasteiger partial charge in [0.05, 0.1) is 0 Å². The van der Waals surface area contributed by atoms with Gasteiger partial charge >= 0.3 is 0 Å². The van der Waals surface area contributed by atoms with Crippen molar-refractivity contribution < 1.29 is 14.4 Å². The van der Waals surface area contributed by atoms with Crippen LogP contribution in [0.2, 0.25) is 0 Å². The number of nitrogens with two attached hydrogens (primary N) is 1. The molecule has 6 nitrogen and oxygen atoms in total. The standard InChI is InChI=1S/C18H19N3O3/c19-20-15(22)10-2-1-3-11-21-17(23)13-8-4-6-12-7-5-9-14(16(12)13)18(21)24/h4-9H,1-3,10-11,19H2,(H,20,22). The Morgan fingerprint density at radius 3 is 2.17 bits per heavy atom. The molecule has 2 aromatic rings. The number of nitrogens with zero attached hydrogens (tertiary/aromatic N) is 1. The highest BCUT2D eigenvalue weighted by Gasteiger charge is 2.31. The number of carbonyl (C=O) groups excluding carboxylic acids is 3. The van der Waals surface area contributed by atoms with E-state index in [-0.39, 0.29) is 17.7 Å².